The van der Waals surface area contributed by atoms with Crippen molar-refractivity contribution in [1.29, 1.82) is 0 Å². The molecule has 45 heavy (non-hydrogen) atoms. The van der Waals surface area contributed by atoms with Crippen molar-refractivity contribution >= 4 is 70.2 Å². The molecule has 3 N–H and O–H groups in total. The zero-order valence-corrected chi connectivity index (χ0v) is 27.5. The molecule has 1 aliphatic heterocycles. The molecular formula is C31H29Cl3N4O6S. The number of carbonyl (C=O) groups is 2. The highest BCUT2D eigenvalue weighted by Crippen LogP contribution is 2.37. The van der Waals surface area contributed by atoms with E-state index in [-0.39, 0.29) is 24.8 Å². The number of carbonyl (C=O) groups excluding carboxylic acids is 2. The van der Waals surface area contributed by atoms with Crippen molar-refractivity contribution < 1.29 is 28.5 Å². The van der Waals surface area contributed by atoms with Crippen LogP contribution in [0.1, 0.15) is 36.6 Å². The number of hydrogen-bond acceptors (Lipinski definition) is 8. The predicted molar refractivity (Wildman–Crippen MR) is 177 cm³/mol. The van der Waals surface area contributed by atoms with Gasteiger partial charge in [0.25, 0.3) is 5.91 Å². The number of benzene rings is 3. The van der Waals surface area contributed by atoms with E-state index in [0.717, 1.165) is 5.56 Å². The zero-order valence-electron chi connectivity index (χ0n) is 24.4. The first kappa shape index (κ1) is 33.9. The number of allylic oxidation sites excluding steroid dienone is 1. The van der Waals surface area contributed by atoms with Crippen LogP contribution in [0.5, 0.6) is 17.2 Å². The van der Waals surface area contributed by atoms with Gasteiger partial charge in [-0.25, -0.2) is 10.2 Å². The molecule has 3 aromatic carbocycles. The number of amides is 1. The summed E-state index contributed by atoms with van der Waals surface area (Å²) in [5.74, 6) is 0.0356. The minimum atomic E-state index is -0.648. The van der Waals surface area contributed by atoms with Crippen LogP contribution in [0.15, 0.2) is 71.0 Å². The zero-order chi connectivity index (χ0) is 32.5. The second-order valence-corrected chi connectivity index (χ2v) is 11.1. The summed E-state index contributed by atoms with van der Waals surface area (Å²) in [5.41, 5.74) is 5.20. The van der Waals surface area contributed by atoms with E-state index in [1.54, 1.807) is 68.4 Å². The Bertz CT molecular complexity index is 1670. The van der Waals surface area contributed by atoms with Gasteiger partial charge < -0.3 is 29.6 Å². The Morgan fingerprint density at radius 3 is 2.56 bits per heavy atom. The van der Waals surface area contributed by atoms with Gasteiger partial charge in [0.2, 0.25) is 0 Å². The largest absolute Gasteiger partial charge is 0.493 e. The smallest absolute Gasteiger partial charge is 0.338 e. The minimum absolute atomic E-state index is 0.138. The molecular weight excluding hydrogens is 663 g/mol. The topological polar surface area (TPSA) is 120 Å². The van der Waals surface area contributed by atoms with Crippen molar-refractivity contribution in [1.82, 2.24) is 16.1 Å². The van der Waals surface area contributed by atoms with Gasteiger partial charge in [-0.2, -0.15) is 5.10 Å². The van der Waals surface area contributed by atoms with Crippen LogP contribution in [0.4, 0.5) is 0 Å². The van der Waals surface area contributed by atoms with Gasteiger partial charge in [-0.15, -0.1) is 0 Å². The van der Waals surface area contributed by atoms with E-state index >= 15 is 0 Å². The molecule has 0 unspecified atom stereocenters. The highest BCUT2D eigenvalue weighted by atomic mass is 35.5. The summed E-state index contributed by atoms with van der Waals surface area (Å²) in [4.78, 5) is 25.3. The van der Waals surface area contributed by atoms with Gasteiger partial charge in [0.15, 0.2) is 23.2 Å². The van der Waals surface area contributed by atoms with Gasteiger partial charge in [-0.1, -0.05) is 59.1 Å². The fraction of sp³-hybridized carbons (Fsp3) is 0.226. The Balaban J connectivity index is 1.40. The van der Waals surface area contributed by atoms with Crippen molar-refractivity contribution in [3.8, 4) is 17.2 Å². The molecule has 10 nitrogen and oxygen atoms in total. The van der Waals surface area contributed by atoms with Gasteiger partial charge >= 0.3 is 5.97 Å². The Labute approximate surface area is 280 Å². The molecule has 1 atom stereocenters. The van der Waals surface area contributed by atoms with Crippen LogP contribution < -0.4 is 30.3 Å². The summed E-state index contributed by atoms with van der Waals surface area (Å²) in [6.45, 7) is 3.46. The number of esters is 1. The van der Waals surface area contributed by atoms with Gasteiger partial charge in [0.05, 0.1) is 36.6 Å². The summed E-state index contributed by atoms with van der Waals surface area (Å²) >= 11 is 24.0. The number of thiocarbonyl (C=S) groups is 1. The molecule has 0 spiro atoms. The van der Waals surface area contributed by atoms with E-state index < -0.39 is 17.9 Å². The first-order valence-corrected chi connectivity index (χ1v) is 15.1. The molecule has 3 aromatic rings. The van der Waals surface area contributed by atoms with Crippen LogP contribution in [0.25, 0.3) is 0 Å². The highest BCUT2D eigenvalue weighted by molar-refractivity contribution is 7.80. The molecule has 14 heteroatoms. The third kappa shape index (κ3) is 8.79. The maximum Gasteiger partial charge on any atom is 0.338 e. The number of hydrogen-bond donors (Lipinski definition) is 3. The van der Waals surface area contributed by atoms with Crippen molar-refractivity contribution in [2.24, 2.45) is 5.10 Å². The lowest BCUT2D eigenvalue weighted by atomic mass is 9.95. The fourth-order valence-electron chi connectivity index (χ4n) is 4.35. The number of rotatable bonds is 12. The standard InChI is InChI=1S/C31H29Cl3N4O6S/c1-4-42-30(40)27-17(2)36-31(45)37-28(27)21-7-5-6-8-24(21)43-16-26(39)38-35-14-18-11-23(34)29(25(12-18)41-3)44-15-19-9-10-20(32)13-22(19)33/h5-14,28H,4,15-16H2,1-3H3,(H,38,39)(H2,36,37,45)/t28-/m1/s1. The number of methoxy groups -OCH3 is 1. The second-order valence-electron chi connectivity index (χ2n) is 9.47. The van der Waals surface area contributed by atoms with E-state index in [1.807, 2.05) is 0 Å². The quantitative estimate of drug-likeness (QED) is 0.0894. The summed E-state index contributed by atoms with van der Waals surface area (Å²) in [7, 11) is 1.48. The Kier molecular flexibility index (Phi) is 11.9. The number of nitrogens with one attached hydrogen (secondary N) is 3. The van der Waals surface area contributed by atoms with E-state index in [0.29, 0.717) is 54.8 Å². The highest BCUT2D eigenvalue weighted by Gasteiger charge is 2.32. The molecule has 0 fully saturated rings. The van der Waals surface area contributed by atoms with Crippen molar-refractivity contribution in [3.05, 3.63) is 97.6 Å². The number of hydrazone groups is 1. The lowest BCUT2D eigenvalue weighted by Gasteiger charge is -2.30. The maximum atomic E-state index is 12.7. The number of para-hydroxylation sites is 1. The lowest BCUT2D eigenvalue weighted by Crippen LogP contribution is -2.45. The third-order valence-corrected chi connectivity index (χ3v) is 7.48. The predicted octanol–water partition coefficient (Wildman–Crippen LogP) is 6.12. The maximum absolute atomic E-state index is 12.7. The van der Waals surface area contributed by atoms with Crippen molar-refractivity contribution in [2.45, 2.75) is 26.5 Å². The molecule has 0 aromatic heterocycles. The summed E-state index contributed by atoms with van der Waals surface area (Å²) in [5, 5.41) is 11.6. The van der Waals surface area contributed by atoms with E-state index in [4.69, 9.17) is 66.0 Å². The van der Waals surface area contributed by atoms with E-state index in [9.17, 15) is 9.59 Å². The Morgan fingerprint density at radius 2 is 1.82 bits per heavy atom. The lowest BCUT2D eigenvalue weighted by molar-refractivity contribution is -0.139. The molecule has 0 aliphatic carbocycles. The van der Waals surface area contributed by atoms with Gasteiger partial charge in [0, 0.05) is 26.9 Å². The average molecular weight is 692 g/mol. The number of ether oxygens (including phenoxy) is 4. The molecule has 236 valence electrons. The molecule has 1 aliphatic rings. The normalized spacial score (nSPS) is 14.4. The number of nitrogens with zero attached hydrogens (tertiary/aromatic N) is 1. The van der Waals surface area contributed by atoms with Crippen LogP contribution in [-0.2, 0) is 20.9 Å². The van der Waals surface area contributed by atoms with Crippen LogP contribution in [0, 0.1) is 0 Å². The molecule has 1 amide bonds. The van der Waals surface area contributed by atoms with Crippen molar-refractivity contribution in [2.75, 3.05) is 20.3 Å². The minimum Gasteiger partial charge on any atom is -0.493 e. The molecule has 0 saturated carbocycles. The summed E-state index contributed by atoms with van der Waals surface area (Å²) in [6, 6.07) is 14.7. The van der Waals surface area contributed by atoms with Gasteiger partial charge in [-0.05, 0) is 62.0 Å². The second kappa shape index (κ2) is 15.8. The van der Waals surface area contributed by atoms with E-state index in [2.05, 4.69) is 21.2 Å². The first-order chi connectivity index (χ1) is 21.6. The van der Waals surface area contributed by atoms with E-state index in [1.165, 1.54) is 13.3 Å². The van der Waals surface area contributed by atoms with Crippen LogP contribution in [0.2, 0.25) is 15.1 Å². The Morgan fingerprint density at radius 1 is 1.04 bits per heavy atom. The third-order valence-electron chi connectivity index (χ3n) is 6.40. The Hall–Kier alpha value is -4.03. The van der Waals surface area contributed by atoms with Crippen LogP contribution in [-0.4, -0.2) is 43.5 Å². The van der Waals surface area contributed by atoms with Crippen molar-refractivity contribution in [3.63, 3.8) is 0 Å². The fourth-order valence-corrected chi connectivity index (χ4v) is 5.36. The molecule has 4 rings (SSSR count). The first-order valence-electron chi connectivity index (χ1n) is 13.5. The monoisotopic (exact) mass is 690 g/mol. The molecule has 0 bridgehead atoms. The van der Waals surface area contributed by atoms with Crippen LogP contribution in [0.3, 0.4) is 0 Å². The average Bonchev–Trinajstić information content (AvgIpc) is 3.00. The SMILES string of the molecule is CCOC(=O)C1=C(C)NC(=S)N[C@@H]1c1ccccc1OCC(=O)NN=Cc1cc(Cl)c(OCc2ccc(Cl)cc2Cl)c(OC)c1. The number of halogens is 3. The van der Waals surface area contributed by atoms with Crippen LogP contribution >= 0.6 is 47.0 Å². The molecule has 0 radical (unpaired) electrons. The van der Waals surface area contributed by atoms with Gasteiger partial charge in [-0.3, -0.25) is 4.79 Å². The summed E-state index contributed by atoms with van der Waals surface area (Å²) < 4.78 is 22.4. The summed E-state index contributed by atoms with van der Waals surface area (Å²) in [6.07, 6.45) is 1.40. The molecule has 0 saturated heterocycles. The molecule has 1 heterocycles. The van der Waals surface area contributed by atoms with Gasteiger partial charge in [0.1, 0.15) is 12.4 Å².